The molecule has 0 aromatic carbocycles. The van der Waals surface area contributed by atoms with E-state index in [9.17, 15) is 4.39 Å². The third-order valence-corrected chi connectivity index (χ3v) is 3.45. The first kappa shape index (κ1) is 13.1. The fourth-order valence-electron chi connectivity index (χ4n) is 1.79. The minimum absolute atomic E-state index is 0.140. The zero-order valence-corrected chi connectivity index (χ0v) is 11.7. The van der Waals surface area contributed by atoms with Gasteiger partial charge in [0.25, 0.3) is 0 Å². The van der Waals surface area contributed by atoms with Crippen molar-refractivity contribution >= 4 is 17.0 Å². The monoisotopic (exact) mass is 267 g/mol. The van der Waals surface area contributed by atoms with E-state index in [2.05, 4.69) is 24.3 Å². The van der Waals surface area contributed by atoms with Gasteiger partial charge in [-0.05, 0) is 25.0 Å². The quantitative estimate of drug-likeness (QED) is 0.896. The van der Waals surface area contributed by atoms with E-state index in [0.29, 0.717) is 12.5 Å². The van der Waals surface area contributed by atoms with Gasteiger partial charge in [-0.3, -0.25) is 4.68 Å². The van der Waals surface area contributed by atoms with Crippen molar-refractivity contribution in [1.82, 2.24) is 9.78 Å². The maximum Gasteiger partial charge on any atom is 0.176 e. The molecule has 0 aliphatic rings. The molecule has 2 aromatic rings. The molecule has 3 nitrogen and oxygen atoms in total. The lowest BCUT2D eigenvalue weighted by Crippen LogP contribution is -2.04. The number of hydrogen-bond donors (Lipinski definition) is 1. The molecule has 2 heterocycles. The lowest BCUT2D eigenvalue weighted by atomic mass is 10.2. The fourth-order valence-corrected chi connectivity index (χ4v) is 2.46. The molecule has 18 heavy (non-hydrogen) atoms. The van der Waals surface area contributed by atoms with E-state index in [4.69, 9.17) is 0 Å². The number of nitrogens with one attached hydrogen (secondary N) is 1. The summed E-state index contributed by atoms with van der Waals surface area (Å²) in [4.78, 5) is 0.989. The van der Waals surface area contributed by atoms with Gasteiger partial charge in [0.15, 0.2) is 5.13 Å². The molecule has 98 valence electrons. The van der Waals surface area contributed by atoms with E-state index in [0.717, 1.165) is 22.8 Å². The number of anilines is 1. The predicted octanol–water partition coefficient (Wildman–Crippen LogP) is 3.66. The highest BCUT2D eigenvalue weighted by atomic mass is 32.1. The first-order valence-electron chi connectivity index (χ1n) is 6.06. The average molecular weight is 267 g/mol. The van der Waals surface area contributed by atoms with Gasteiger partial charge in [0.05, 0.1) is 11.4 Å². The van der Waals surface area contributed by atoms with Gasteiger partial charge in [0.2, 0.25) is 0 Å². The Labute approximate surface area is 111 Å². The normalized spacial score (nSPS) is 11.2. The molecule has 0 atom stereocenters. The number of hydrogen-bond acceptors (Lipinski definition) is 3. The number of aromatic nitrogens is 2. The van der Waals surface area contributed by atoms with E-state index in [1.54, 1.807) is 6.07 Å². The summed E-state index contributed by atoms with van der Waals surface area (Å²) in [5.74, 6) is 0.573. The molecule has 2 aromatic heterocycles. The Balaban J connectivity index is 1.98. The van der Waals surface area contributed by atoms with Crippen LogP contribution in [0.3, 0.4) is 0 Å². The molecule has 0 saturated carbocycles. The summed E-state index contributed by atoms with van der Waals surface area (Å²) in [6.07, 6.45) is 2.01. The molecule has 0 saturated heterocycles. The van der Waals surface area contributed by atoms with Crippen LogP contribution in [-0.4, -0.2) is 9.78 Å². The molecular formula is C13H18FN3S. The van der Waals surface area contributed by atoms with E-state index >= 15 is 0 Å². The summed E-state index contributed by atoms with van der Waals surface area (Å²) in [6.45, 7) is 7.87. The first-order valence-corrected chi connectivity index (χ1v) is 6.88. The summed E-state index contributed by atoms with van der Waals surface area (Å²) in [6, 6.07) is 3.30. The summed E-state index contributed by atoms with van der Waals surface area (Å²) < 4.78 is 14.8. The van der Waals surface area contributed by atoms with Gasteiger partial charge in [0, 0.05) is 24.2 Å². The Hall–Kier alpha value is -1.36. The van der Waals surface area contributed by atoms with Crippen molar-refractivity contribution in [3.8, 4) is 0 Å². The van der Waals surface area contributed by atoms with Crippen molar-refractivity contribution in [3.05, 3.63) is 34.0 Å². The topological polar surface area (TPSA) is 29.9 Å². The van der Waals surface area contributed by atoms with E-state index in [1.807, 2.05) is 17.8 Å². The van der Waals surface area contributed by atoms with Gasteiger partial charge in [-0.15, -0.1) is 11.3 Å². The van der Waals surface area contributed by atoms with Crippen LogP contribution in [0.15, 0.2) is 18.3 Å². The predicted molar refractivity (Wildman–Crippen MR) is 73.4 cm³/mol. The molecule has 0 aliphatic carbocycles. The number of aryl methyl sites for hydroxylation is 1. The molecule has 2 rings (SSSR count). The van der Waals surface area contributed by atoms with Crippen molar-refractivity contribution in [2.75, 3.05) is 5.32 Å². The van der Waals surface area contributed by atoms with Gasteiger partial charge >= 0.3 is 0 Å². The van der Waals surface area contributed by atoms with E-state index in [1.165, 1.54) is 17.4 Å². The lowest BCUT2D eigenvalue weighted by molar-refractivity contribution is 0.481. The number of nitrogens with zero attached hydrogens (tertiary/aromatic N) is 2. The highest BCUT2D eigenvalue weighted by Crippen LogP contribution is 2.18. The minimum atomic E-state index is -0.140. The van der Waals surface area contributed by atoms with Gasteiger partial charge in [0.1, 0.15) is 0 Å². The van der Waals surface area contributed by atoms with Crippen LogP contribution < -0.4 is 5.32 Å². The van der Waals surface area contributed by atoms with Gasteiger partial charge in [-0.1, -0.05) is 13.8 Å². The van der Waals surface area contributed by atoms with E-state index in [-0.39, 0.29) is 5.13 Å². The molecule has 0 bridgehead atoms. The van der Waals surface area contributed by atoms with Crippen LogP contribution in [0.2, 0.25) is 0 Å². The van der Waals surface area contributed by atoms with Gasteiger partial charge < -0.3 is 5.32 Å². The largest absolute Gasteiger partial charge is 0.377 e. The molecule has 0 aliphatic heterocycles. The standard InChI is InChI=1S/C13H18FN3S/c1-9(2)7-17-8-12(10(3)16-17)15-6-11-4-5-13(14)18-11/h4-5,8-9,15H,6-7H2,1-3H3. The molecule has 0 fully saturated rings. The van der Waals surface area contributed by atoms with Crippen LogP contribution in [0.4, 0.5) is 10.1 Å². The van der Waals surface area contributed by atoms with Gasteiger partial charge in [-0.25, -0.2) is 0 Å². The number of halogens is 1. The van der Waals surface area contributed by atoms with Crippen LogP contribution in [-0.2, 0) is 13.1 Å². The Bertz CT molecular complexity index is 516. The Morgan fingerprint density at radius 2 is 2.22 bits per heavy atom. The summed E-state index contributed by atoms with van der Waals surface area (Å²) in [5, 5.41) is 7.61. The molecule has 1 N–H and O–H groups in total. The third kappa shape index (κ3) is 3.32. The lowest BCUT2D eigenvalue weighted by Gasteiger charge is -2.03. The van der Waals surface area contributed by atoms with Crippen molar-refractivity contribution in [3.63, 3.8) is 0 Å². The van der Waals surface area contributed by atoms with Crippen LogP contribution in [0.25, 0.3) is 0 Å². The SMILES string of the molecule is Cc1nn(CC(C)C)cc1NCc1ccc(F)s1. The third-order valence-electron chi connectivity index (χ3n) is 2.58. The first-order chi connectivity index (χ1) is 8.54. The maximum atomic E-state index is 12.9. The second-order valence-electron chi connectivity index (χ2n) is 4.80. The highest BCUT2D eigenvalue weighted by molar-refractivity contribution is 7.10. The Morgan fingerprint density at radius 1 is 1.44 bits per heavy atom. The molecular weight excluding hydrogens is 249 g/mol. The van der Waals surface area contributed by atoms with Crippen LogP contribution in [0.1, 0.15) is 24.4 Å². The van der Waals surface area contributed by atoms with Crippen molar-refractivity contribution < 1.29 is 4.39 Å². The molecule has 0 amide bonds. The number of rotatable bonds is 5. The summed E-state index contributed by atoms with van der Waals surface area (Å²) in [5.41, 5.74) is 2.00. The second-order valence-corrected chi connectivity index (χ2v) is 5.92. The molecule has 0 spiro atoms. The summed E-state index contributed by atoms with van der Waals surface area (Å²) in [7, 11) is 0. The Kier molecular flexibility index (Phi) is 4.01. The number of thiophene rings is 1. The summed E-state index contributed by atoms with van der Waals surface area (Å²) >= 11 is 1.17. The van der Waals surface area contributed by atoms with Crippen molar-refractivity contribution in [2.24, 2.45) is 5.92 Å². The van der Waals surface area contributed by atoms with Gasteiger partial charge in [-0.2, -0.15) is 9.49 Å². The van der Waals surface area contributed by atoms with Crippen LogP contribution in [0, 0.1) is 18.0 Å². The Morgan fingerprint density at radius 3 is 2.83 bits per heavy atom. The highest BCUT2D eigenvalue weighted by Gasteiger charge is 2.06. The van der Waals surface area contributed by atoms with E-state index < -0.39 is 0 Å². The van der Waals surface area contributed by atoms with Crippen LogP contribution >= 0.6 is 11.3 Å². The zero-order valence-electron chi connectivity index (χ0n) is 10.9. The average Bonchev–Trinajstić information content (AvgIpc) is 2.82. The zero-order chi connectivity index (χ0) is 13.1. The molecule has 0 unspecified atom stereocenters. The van der Waals surface area contributed by atoms with Crippen molar-refractivity contribution in [2.45, 2.75) is 33.9 Å². The fraction of sp³-hybridized carbons (Fsp3) is 0.462. The van der Waals surface area contributed by atoms with Crippen LogP contribution in [0.5, 0.6) is 0 Å². The second kappa shape index (κ2) is 5.52. The smallest absolute Gasteiger partial charge is 0.176 e. The maximum absolute atomic E-state index is 12.9. The molecule has 5 heteroatoms. The molecule has 0 radical (unpaired) electrons. The van der Waals surface area contributed by atoms with Crippen molar-refractivity contribution in [1.29, 1.82) is 0 Å². The minimum Gasteiger partial charge on any atom is -0.377 e.